The molecule has 0 bridgehead atoms. The van der Waals surface area contributed by atoms with Crippen molar-refractivity contribution in [1.29, 1.82) is 0 Å². The van der Waals surface area contributed by atoms with Crippen LogP contribution in [0.4, 0.5) is 0 Å². The van der Waals surface area contributed by atoms with Crippen LogP contribution in [-0.2, 0) is 4.79 Å². The van der Waals surface area contributed by atoms with Crippen molar-refractivity contribution in [3.8, 4) is 0 Å². The zero-order valence-corrected chi connectivity index (χ0v) is 6.66. The molecule has 0 saturated carbocycles. The van der Waals surface area contributed by atoms with Crippen LogP contribution >= 0.6 is 0 Å². The molecule has 1 radical (unpaired) electrons. The molecular weight excluding hydrogens is 148 g/mol. The molecule has 0 aromatic heterocycles. The normalized spacial score (nSPS) is 10.0. The summed E-state index contributed by atoms with van der Waals surface area (Å²) in [7, 11) is 0. The molecule has 0 aliphatic heterocycles. The smallest absolute Gasteiger partial charge is 0.186 e. The first kappa shape index (κ1) is 8.47. The van der Waals surface area contributed by atoms with Crippen molar-refractivity contribution < 1.29 is 4.79 Å². The summed E-state index contributed by atoms with van der Waals surface area (Å²) in [5.74, 6) is -0.196. The lowest BCUT2D eigenvalue weighted by Gasteiger charge is -1.88. The second-order valence-corrected chi connectivity index (χ2v) is 2.27. The van der Waals surface area contributed by atoms with E-state index in [4.69, 9.17) is 0 Å². The Kier molecular flexibility index (Phi) is 3.03. The molecule has 0 spiro atoms. The van der Waals surface area contributed by atoms with Crippen molar-refractivity contribution in [3.63, 3.8) is 0 Å². The van der Waals surface area contributed by atoms with E-state index in [1.165, 1.54) is 6.08 Å². The maximum atomic E-state index is 10.7. The summed E-state index contributed by atoms with van der Waals surface area (Å²) in [6, 6.07) is 9.55. The molecule has 0 unspecified atom stereocenters. The number of rotatable bonds is 3. The number of hydrogen-bond donors (Lipinski definition) is 0. The monoisotopic (exact) mass is 157 g/mol. The second-order valence-electron chi connectivity index (χ2n) is 2.27. The molecule has 0 amide bonds. The summed E-state index contributed by atoms with van der Waals surface area (Å²) in [4.78, 5) is 10.7. The molecule has 0 fully saturated rings. The lowest BCUT2D eigenvalue weighted by atomic mass is 10.2. The quantitative estimate of drug-likeness (QED) is 0.615. The molecule has 1 aromatic rings. The zero-order chi connectivity index (χ0) is 8.81. The largest absolute Gasteiger partial charge is 0.289 e. The van der Waals surface area contributed by atoms with E-state index < -0.39 is 0 Å². The van der Waals surface area contributed by atoms with E-state index in [0.717, 1.165) is 5.56 Å². The van der Waals surface area contributed by atoms with Crippen LogP contribution in [0.1, 0.15) is 5.56 Å². The molecule has 0 aliphatic carbocycles. The minimum absolute atomic E-state index is 0.196. The SMILES string of the molecule is C=CC(=O)[C]=Cc1ccccc1. The van der Waals surface area contributed by atoms with Crippen molar-refractivity contribution in [2.24, 2.45) is 0 Å². The maximum absolute atomic E-state index is 10.7. The highest BCUT2D eigenvalue weighted by atomic mass is 16.1. The summed E-state index contributed by atoms with van der Waals surface area (Å²) in [5.41, 5.74) is 0.965. The molecule has 1 aromatic carbocycles. The highest BCUT2D eigenvalue weighted by Gasteiger charge is 1.87. The highest BCUT2D eigenvalue weighted by molar-refractivity contribution is 5.97. The van der Waals surface area contributed by atoms with Crippen LogP contribution in [-0.4, -0.2) is 5.78 Å². The minimum Gasteiger partial charge on any atom is -0.289 e. The van der Waals surface area contributed by atoms with Crippen molar-refractivity contribution in [2.45, 2.75) is 0 Å². The number of carbonyl (C=O) groups is 1. The van der Waals surface area contributed by atoms with Crippen LogP contribution in [0.25, 0.3) is 6.08 Å². The molecule has 1 rings (SSSR count). The molecular formula is C11H9O. The van der Waals surface area contributed by atoms with Crippen LogP contribution in [0.2, 0.25) is 0 Å². The summed E-state index contributed by atoms with van der Waals surface area (Å²) in [6.07, 6.45) is 5.45. The Bertz CT molecular complexity index is 296. The first-order valence-corrected chi connectivity index (χ1v) is 3.64. The molecule has 0 saturated heterocycles. The van der Waals surface area contributed by atoms with Gasteiger partial charge in [-0.25, -0.2) is 0 Å². The Labute approximate surface area is 72.0 Å². The van der Waals surface area contributed by atoms with Gasteiger partial charge in [-0.2, -0.15) is 0 Å². The number of hydrogen-bond acceptors (Lipinski definition) is 1. The third kappa shape index (κ3) is 2.54. The van der Waals surface area contributed by atoms with Gasteiger partial charge in [0.25, 0.3) is 0 Å². The van der Waals surface area contributed by atoms with E-state index in [1.54, 1.807) is 6.08 Å². The maximum Gasteiger partial charge on any atom is 0.186 e. The predicted molar refractivity (Wildman–Crippen MR) is 49.4 cm³/mol. The Morgan fingerprint density at radius 2 is 2.00 bits per heavy atom. The molecule has 59 valence electrons. The van der Waals surface area contributed by atoms with Gasteiger partial charge >= 0.3 is 0 Å². The van der Waals surface area contributed by atoms with Crippen LogP contribution in [0, 0.1) is 6.08 Å². The second kappa shape index (κ2) is 4.29. The van der Waals surface area contributed by atoms with Gasteiger partial charge in [0.2, 0.25) is 0 Å². The fraction of sp³-hybridized carbons (Fsp3) is 0. The molecule has 1 heteroatoms. The fourth-order valence-corrected chi connectivity index (χ4v) is 0.763. The summed E-state index contributed by atoms with van der Waals surface area (Å²) in [5, 5.41) is 0. The Balaban J connectivity index is 2.70. The molecule has 0 atom stereocenters. The molecule has 12 heavy (non-hydrogen) atoms. The van der Waals surface area contributed by atoms with Gasteiger partial charge in [-0.1, -0.05) is 36.9 Å². The average Bonchev–Trinajstić information content (AvgIpc) is 2.16. The number of allylic oxidation sites excluding steroid dienone is 2. The third-order valence-corrected chi connectivity index (χ3v) is 1.37. The topological polar surface area (TPSA) is 17.1 Å². The van der Waals surface area contributed by atoms with E-state index in [-0.39, 0.29) is 5.78 Å². The fourth-order valence-electron chi connectivity index (χ4n) is 0.763. The zero-order valence-electron chi connectivity index (χ0n) is 6.66. The van der Waals surface area contributed by atoms with Crippen LogP contribution < -0.4 is 0 Å². The van der Waals surface area contributed by atoms with Crippen molar-refractivity contribution >= 4 is 11.9 Å². The van der Waals surface area contributed by atoms with Crippen LogP contribution in [0.3, 0.4) is 0 Å². The Hall–Kier alpha value is -1.63. The van der Waals surface area contributed by atoms with Crippen molar-refractivity contribution in [2.75, 3.05) is 0 Å². The van der Waals surface area contributed by atoms with Gasteiger partial charge in [0.1, 0.15) is 0 Å². The molecule has 0 aliphatic rings. The van der Waals surface area contributed by atoms with Gasteiger partial charge < -0.3 is 0 Å². The molecule has 1 nitrogen and oxygen atoms in total. The minimum atomic E-state index is -0.196. The first-order chi connectivity index (χ1) is 5.83. The highest BCUT2D eigenvalue weighted by Crippen LogP contribution is 2.00. The Morgan fingerprint density at radius 3 is 2.58 bits per heavy atom. The molecule has 0 N–H and O–H groups in total. The van der Waals surface area contributed by atoms with E-state index >= 15 is 0 Å². The van der Waals surface area contributed by atoms with E-state index in [0.29, 0.717) is 0 Å². The van der Waals surface area contributed by atoms with Crippen molar-refractivity contribution in [3.05, 3.63) is 54.6 Å². The van der Waals surface area contributed by atoms with E-state index in [9.17, 15) is 4.79 Å². The van der Waals surface area contributed by atoms with E-state index in [1.807, 2.05) is 30.3 Å². The average molecular weight is 157 g/mol. The van der Waals surface area contributed by atoms with Gasteiger partial charge in [0.05, 0.1) is 0 Å². The van der Waals surface area contributed by atoms with E-state index in [2.05, 4.69) is 12.7 Å². The number of carbonyl (C=O) groups excluding carboxylic acids is 1. The van der Waals surface area contributed by atoms with Gasteiger partial charge in [-0.05, 0) is 17.7 Å². The summed E-state index contributed by atoms with van der Waals surface area (Å²) in [6.45, 7) is 3.34. The number of benzene rings is 1. The van der Waals surface area contributed by atoms with Gasteiger partial charge in [-0.15, -0.1) is 0 Å². The third-order valence-electron chi connectivity index (χ3n) is 1.37. The summed E-state index contributed by atoms with van der Waals surface area (Å²) < 4.78 is 0. The van der Waals surface area contributed by atoms with Crippen LogP contribution in [0.5, 0.6) is 0 Å². The summed E-state index contributed by atoms with van der Waals surface area (Å²) >= 11 is 0. The van der Waals surface area contributed by atoms with Gasteiger partial charge in [-0.3, -0.25) is 4.79 Å². The lowest BCUT2D eigenvalue weighted by Crippen LogP contribution is -1.83. The Morgan fingerprint density at radius 1 is 1.33 bits per heavy atom. The van der Waals surface area contributed by atoms with Crippen molar-refractivity contribution in [1.82, 2.24) is 0 Å². The lowest BCUT2D eigenvalue weighted by molar-refractivity contribution is -0.110. The van der Waals surface area contributed by atoms with Crippen LogP contribution in [0.15, 0.2) is 43.0 Å². The first-order valence-electron chi connectivity index (χ1n) is 3.64. The predicted octanol–water partition coefficient (Wildman–Crippen LogP) is 2.26. The van der Waals surface area contributed by atoms with Gasteiger partial charge in [0, 0.05) is 6.08 Å². The standard InChI is InChI=1S/C11H9O/c1-2-11(12)9-8-10-6-4-3-5-7-10/h2-8H,1H2. The number of ketones is 1. The van der Waals surface area contributed by atoms with Gasteiger partial charge in [0.15, 0.2) is 5.78 Å². The molecule has 0 heterocycles.